The van der Waals surface area contributed by atoms with Crippen molar-refractivity contribution >= 4 is 23.4 Å². The lowest BCUT2D eigenvalue weighted by molar-refractivity contribution is -0.140. The van der Waals surface area contributed by atoms with E-state index >= 15 is 0 Å². The zero-order valence-electron chi connectivity index (χ0n) is 15.5. The van der Waals surface area contributed by atoms with Crippen molar-refractivity contribution in [2.24, 2.45) is 0 Å². The number of amides is 1. The van der Waals surface area contributed by atoms with E-state index in [0.717, 1.165) is 5.56 Å². The highest BCUT2D eigenvalue weighted by Crippen LogP contribution is 2.39. The lowest BCUT2D eigenvalue weighted by atomic mass is 9.95. The number of hydrogen-bond donors (Lipinski definition) is 2. The van der Waals surface area contributed by atoms with Gasteiger partial charge in [-0.2, -0.15) is 0 Å². The monoisotopic (exact) mass is 379 g/mol. The van der Waals surface area contributed by atoms with Gasteiger partial charge in [0.25, 0.3) is 11.7 Å². The first-order chi connectivity index (χ1) is 13.4. The normalized spacial score (nSPS) is 18.5. The first kappa shape index (κ1) is 19.4. The molecular formula is C22H21NO5. The number of aliphatic carboxylic acids is 1. The third-order valence-electron chi connectivity index (χ3n) is 4.77. The first-order valence-electron chi connectivity index (χ1n) is 9.02. The van der Waals surface area contributed by atoms with Crippen molar-refractivity contribution in [3.8, 4) is 0 Å². The van der Waals surface area contributed by atoms with Crippen molar-refractivity contribution < 1.29 is 24.6 Å². The molecule has 2 aromatic rings. The van der Waals surface area contributed by atoms with Crippen LogP contribution in [0.1, 0.15) is 35.6 Å². The minimum atomic E-state index is -0.965. The molecule has 0 aliphatic carbocycles. The summed E-state index contributed by atoms with van der Waals surface area (Å²) in [5.74, 6) is -2.68. The van der Waals surface area contributed by atoms with Crippen LogP contribution in [0.25, 0.3) is 5.76 Å². The summed E-state index contributed by atoms with van der Waals surface area (Å²) in [7, 11) is 0. The Morgan fingerprint density at radius 2 is 1.64 bits per heavy atom. The second-order valence-corrected chi connectivity index (χ2v) is 6.77. The van der Waals surface area contributed by atoms with Gasteiger partial charge >= 0.3 is 5.97 Å². The molecule has 1 atom stereocenters. The van der Waals surface area contributed by atoms with E-state index in [4.69, 9.17) is 5.11 Å². The van der Waals surface area contributed by atoms with Crippen molar-refractivity contribution in [1.29, 1.82) is 0 Å². The van der Waals surface area contributed by atoms with Gasteiger partial charge in [0.05, 0.1) is 11.6 Å². The molecule has 2 N–H and O–H groups in total. The van der Waals surface area contributed by atoms with Gasteiger partial charge in [-0.25, -0.2) is 0 Å². The van der Waals surface area contributed by atoms with Crippen molar-refractivity contribution in [1.82, 2.24) is 4.90 Å². The summed E-state index contributed by atoms with van der Waals surface area (Å²) in [6.45, 7) is 2.02. The lowest BCUT2D eigenvalue weighted by Crippen LogP contribution is -2.31. The Hall–Kier alpha value is -3.41. The summed E-state index contributed by atoms with van der Waals surface area (Å²) in [5.41, 5.74) is 2.17. The maximum Gasteiger partial charge on any atom is 0.303 e. The highest BCUT2D eigenvalue weighted by atomic mass is 16.4. The number of nitrogens with zero attached hydrogens (tertiary/aromatic N) is 1. The lowest BCUT2D eigenvalue weighted by Gasteiger charge is -2.25. The number of likely N-dealkylation sites (tertiary alicyclic amines) is 1. The summed E-state index contributed by atoms with van der Waals surface area (Å²) in [6, 6.07) is 15.2. The average Bonchev–Trinajstić information content (AvgIpc) is 2.93. The summed E-state index contributed by atoms with van der Waals surface area (Å²) in [4.78, 5) is 37.6. The highest BCUT2D eigenvalue weighted by molar-refractivity contribution is 6.46. The Bertz CT molecular complexity index is 931. The molecule has 1 heterocycles. The zero-order valence-corrected chi connectivity index (χ0v) is 15.5. The molecule has 6 nitrogen and oxygen atoms in total. The number of aliphatic hydroxyl groups excluding tert-OH is 1. The molecule has 3 rings (SSSR count). The van der Waals surface area contributed by atoms with Gasteiger partial charge in [0, 0.05) is 18.5 Å². The molecule has 1 saturated heterocycles. The number of carboxylic acid groups (broad SMARTS) is 1. The van der Waals surface area contributed by atoms with Crippen LogP contribution < -0.4 is 0 Å². The SMILES string of the molecule is Cc1ccc(C(O)=C2C(=O)C(=O)N(CCCC(=O)O)[C@@H]2c2ccccc2)cc1. The van der Waals surface area contributed by atoms with Gasteiger partial charge in [0.15, 0.2) is 0 Å². The van der Waals surface area contributed by atoms with Gasteiger partial charge in [0.1, 0.15) is 5.76 Å². The Balaban J connectivity index is 2.07. The number of carbonyl (C=O) groups excluding carboxylic acids is 2. The van der Waals surface area contributed by atoms with Crippen LogP contribution in [-0.2, 0) is 14.4 Å². The van der Waals surface area contributed by atoms with Gasteiger partial charge < -0.3 is 15.1 Å². The van der Waals surface area contributed by atoms with Crippen LogP contribution in [0.4, 0.5) is 0 Å². The van der Waals surface area contributed by atoms with Crippen molar-refractivity contribution in [3.05, 3.63) is 76.9 Å². The smallest absolute Gasteiger partial charge is 0.303 e. The molecule has 2 aromatic carbocycles. The minimum Gasteiger partial charge on any atom is -0.507 e. The van der Waals surface area contributed by atoms with E-state index in [1.54, 1.807) is 36.4 Å². The number of carboxylic acids is 1. The van der Waals surface area contributed by atoms with Gasteiger partial charge in [-0.05, 0) is 18.9 Å². The van der Waals surface area contributed by atoms with Crippen LogP contribution in [-0.4, -0.2) is 39.3 Å². The summed E-state index contributed by atoms with van der Waals surface area (Å²) >= 11 is 0. The highest BCUT2D eigenvalue weighted by Gasteiger charge is 2.45. The summed E-state index contributed by atoms with van der Waals surface area (Å²) < 4.78 is 0. The van der Waals surface area contributed by atoms with Crippen molar-refractivity contribution in [2.75, 3.05) is 6.54 Å². The van der Waals surface area contributed by atoms with Gasteiger partial charge in [-0.3, -0.25) is 14.4 Å². The standard InChI is InChI=1S/C22H21NO5/c1-14-9-11-16(12-10-14)20(26)18-19(15-6-3-2-4-7-15)23(22(28)21(18)27)13-5-8-17(24)25/h2-4,6-7,9-12,19,26H,5,8,13H2,1H3,(H,24,25)/t19-/m1/s1. The summed E-state index contributed by atoms with van der Waals surface area (Å²) in [6.07, 6.45) is 0.110. The molecule has 0 unspecified atom stereocenters. The predicted molar refractivity (Wildman–Crippen MR) is 104 cm³/mol. The molecule has 6 heteroatoms. The number of ketones is 1. The Kier molecular flexibility index (Phi) is 5.59. The molecule has 1 amide bonds. The molecular weight excluding hydrogens is 358 g/mol. The van der Waals surface area contributed by atoms with E-state index in [0.29, 0.717) is 11.1 Å². The van der Waals surface area contributed by atoms with Crippen LogP contribution in [0.5, 0.6) is 0 Å². The van der Waals surface area contributed by atoms with Crippen molar-refractivity contribution in [3.63, 3.8) is 0 Å². The van der Waals surface area contributed by atoms with E-state index in [2.05, 4.69) is 0 Å². The summed E-state index contributed by atoms with van der Waals surface area (Å²) in [5, 5.41) is 19.7. The molecule has 144 valence electrons. The molecule has 0 aromatic heterocycles. The molecule has 0 saturated carbocycles. The van der Waals surface area contributed by atoms with E-state index in [9.17, 15) is 19.5 Å². The fraction of sp³-hybridized carbons (Fsp3) is 0.227. The van der Waals surface area contributed by atoms with E-state index in [1.165, 1.54) is 4.90 Å². The number of aliphatic hydroxyl groups is 1. The third-order valence-corrected chi connectivity index (χ3v) is 4.77. The molecule has 0 spiro atoms. The Morgan fingerprint density at radius 1 is 1.00 bits per heavy atom. The fourth-order valence-electron chi connectivity index (χ4n) is 3.36. The minimum absolute atomic E-state index is 0.0235. The van der Waals surface area contributed by atoms with Gasteiger partial charge in [-0.15, -0.1) is 0 Å². The molecule has 1 aliphatic heterocycles. The molecule has 0 radical (unpaired) electrons. The molecule has 1 aliphatic rings. The van der Waals surface area contributed by atoms with E-state index < -0.39 is 23.7 Å². The molecule has 28 heavy (non-hydrogen) atoms. The van der Waals surface area contributed by atoms with Crippen LogP contribution in [0, 0.1) is 6.92 Å². The maximum absolute atomic E-state index is 12.8. The first-order valence-corrected chi connectivity index (χ1v) is 9.02. The zero-order chi connectivity index (χ0) is 20.3. The largest absolute Gasteiger partial charge is 0.507 e. The predicted octanol–water partition coefficient (Wildman–Crippen LogP) is 3.28. The number of aryl methyl sites for hydroxylation is 1. The number of hydrogen-bond acceptors (Lipinski definition) is 4. The number of Topliss-reactive ketones (excluding diaryl/α,β-unsaturated/α-hetero) is 1. The quantitative estimate of drug-likeness (QED) is 0.456. The van der Waals surface area contributed by atoms with Gasteiger partial charge in [0.2, 0.25) is 0 Å². The van der Waals surface area contributed by atoms with Gasteiger partial charge in [-0.1, -0.05) is 60.2 Å². The molecule has 0 bridgehead atoms. The number of benzene rings is 2. The Morgan fingerprint density at radius 3 is 2.25 bits per heavy atom. The topological polar surface area (TPSA) is 94.9 Å². The second kappa shape index (κ2) is 8.08. The van der Waals surface area contributed by atoms with Crippen molar-refractivity contribution in [2.45, 2.75) is 25.8 Å². The Labute approximate surface area is 162 Å². The fourth-order valence-corrected chi connectivity index (χ4v) is 3.36. The number of carbonyl (C=O) groups is 3. The van der Waals surface area contributed by atoms with Crippen LogP contribution >= 0.6 is 0 Å². The van der Waals surface area contributed by atoms with Crippen LogP contribution in [0.3, 0.4) is 0 Å². The second-order valence-electron chi connectivity index (χ2n) is 6.77. The molecule has 1 fully saturated rings. The van der Waals surface area contributed by atoms with E-state index in [1.807, 2.05) is 25.1 Å². The van der Waals surface area contributed by atoms with E-state index in [-0.39, 0.29) is 30.7 Å². The number of rotatable bonds is 6. The maximum atomic E-state index is 12.8. The van der Waals surface area contributed by atoms with Crippen LogP contribution in [0.2, 0.25) is 0 Å². The average molecular weight is 379 g/mol. The third kappa shape index (κ3) is 3.81. The van der Waals surface area contributed by atoms with Crippen LogP contribution in [0.15, 0.2) is 60.2 Å².